The van der Waals surface area contributed by atoms with E-state index in [1.165, 1.54) is 6.39 Å². The van der Waals surface area contributed by atoms with Gasteiger partial charge in [-0.25, -0.2) is 9.97 Å². The molecule has 7 nitrogen and oxygen atoms in total. The van der Waals surface area contributed by atoms with Crippen molar-refractivity contribution < 1.29 is 9.15 Å². The van der Waals surface area contributed by atoms with E-state index in [0.29, 0.717) is 12.1 Å². The number of morpholine rings is 1. The zero-order valence-corrected chi connectivity index (χ0v) is 17.1. The van der Waals surface area contributed by atoms with Crippen molar-refractivity contribution in [3.63, 3.8) is 0 Å². The topological polar surface area (TPSA) is 75.5 Å². The van der Waals surface area contributed by atoms with E-state index < -0.39 is 0 Å². The number of hydrogen-bond acceptors (Lipinski definition) is 7. The Balaban J connectivity index is 1.28. The molecule has 0 bridgehead atoms. The predicted octanol–water partition coefficient (Wildman–Crippen LogP) is 4.14. The third-order valence-corrected chi connectivity index (χ3v) is 5.26. The molecule has 1 aliphatic rings. The van der Waals surface area contributed by atoms with Gasteiger partial charge in [-0.05, 0) is 51.0 Å². The maximum Gasteiger partial charge on any atom is 0.182 e. The minimum Gasteiger partial charge on any atom is -0.443 e. The van der Waals surface area contributed by atoms with Crippen LogP contribution in [0.1, 0.15) is 26.7 Å². The number of benzene rings is 1. The lowest BCUT2D eigenvalue weighted by atomic mass is 10.1. The molecular weight excluding hydrogens is 366 g/mol. The third kappa shape index (κ3) is 4.98. The van der Waals surface area contributed by atoms with E-state index in [2.05, 4.69) is 46.5 Å². The van der Waals surface area contributed by atoms with Gasteiger partial charge in [0.25, 0.3) is 0 Å². The molecular formula is C22H29N5O2. The zero-order chi connectivity index (χ0) is 20.1. The summed E-state index contributed by atoms with van der Waals surface area (Å²) in [5.74, 6) is 1.94. The fourth-order valence-electron chi connectivity index (χ4n) is 3.64. The first-order chi connectivity index (χ1) is 14.2. The van der Waals surface area contributed by atoms with Gasteiger partial charge in [0.1, 0.15) is 17.2 Å². The van der Waals surface area contributed by atoms with Gasteiger partial charge in [0, 0.05) is 25.2 Å². The largest absolute Gasteiger partial charge is 0.443 e. The molecule has 29 heavy (non-hydrogen) atoms. The van der Waals surface area contributed by atoms with E-state index in [9.17, 15) is 0 Å². The molecule has 1 fully saturated rings. The number of nitrogens with one attached hydrogen (secondary N) is 2. The number of hydrogen-bond donors (Lipinski definition) is 2. The summed E-state index contributed by atoms with van der Waals surface area (Å²) in [5.41, 5.74) is 2.71. The number of nitrogens with zero attached hydrogens (tertiary/aromatic N) is 3. The van der Waals surface area contributed by atoms with E-state index in [1.54, 1.807) is 0 Å². The number of para-hydroxylation sites is 1. The molecule has 0 aliphatic carbocycles. The van der Waals surface area contributed by atoms with E-state index in [4.69, 9.17) is 14.1 Å². The van der Waals surface area contributed by atoms with E-state index in [-0.39, 0.29) is 0 Å². The Hall–Kier alpha value is -2.80. The predicted molar refractivity (Wildman–Crippen MR) is 117 cm³/mol. The monoisotopic (exact) mass is 395 g/mol. The molecule has 2 N–H and O–H groups in total. The van der Waals surface area contributed by atoms with Crippen molar-refractivity contribution in [2.75, 3.05) is 41.8 Å². The zero-order valence-electron chi connectivity index (χ0n) is 17.1. The average molecular weight is 396 g/mol. The molecule has 0 radical (unpaired) electrons. The second-order valence-electron chi connectivity index (χ2n) is 7.65. The van der Waals surface area contributed by atoms with Crippen LogP contribution in [0.2, 0.25) is 0 Å². The van der Waals surface area contributed by atoms with Crippen LogP contribution >= 0.6 is 0 Å². The lowest BCUT2D eigenvalue weighted by Gasteiger charge is -2.28. The normalized spacial score (nSPS) is 16.6. The number of fused-ring (bicyclic) bond motifs is 1. The molecule has 154 valence electrons. The lowest BCUT2D eigenvalue weighted by molar-refractivity contribution is 0.122. The highest BCUT2D eigenvalue weighted by molar-refractivity contribution is 5.86. The van der Waals surface area contributed by atoms with E-state index >= 15 is 0 Å². The Kier molecular flexibility index (Phi) is 6.14. The van der Waals surface area contributed by atoms with Crippen molar-refractivity contribution in [3.8, 4) is 0 Å². The van der Waals surface area contributed by atoms with Gasteiger partial charge in [-0.15, -0.1) is 0 Å². The van der Waals surface area contributed by atoms with Gasteiger partial charge in [-0.2, -0.15) is 0 Å². The van der Waals surface area contributed by atoms with Crippen LogP contribution in [-0.2, 0) is 4.74 Å². The Morgan fingerprint density at radius 2 is 1.76 bits per heavy atom. The molecule has 1 aromatic carbocycles. The lowest BCUT2D eigenvalue weighted by Crippen LogP contribution is -2.36. The van der Waals surface area contributed by atoms with Crippen molar-refractivity contribution >= 4 is 28.4 Å². The van der Waals surface area contributed by atoms with Crippen LogP contribution in [0.5, 0.6) is 0 Å². The van der Waals surface area contributed by atoms with Gasteiger partial charge in [-0.3, -0.25) is 0 Å². The Labute approximate surface area is 171 Å². The van der Waals surface area contributed by atoms with Gasteiger partial charge in [0.15, 0.2) is 12.0 Å². The van der Waals surface area contributed by atoms with Crippen LogP contribution < -0.4 is 15.5 Å². The molecule has 0 saturated carbocycles. The number of aromatic nitrogens is 2. The summed E-state index contributed by atoms with van der Waals surface area (Å²) in [6.07, 6.45) is 3.56. The van der Waals surface area contributed by atoms with Gasteiger partial charge in [-0.1, -0.05) is 12.1 Å². The van der Waals surface area contributed by atoms with Crippen molar-refractivity contribution in [2.45, 2.75) is 38.8 Å². The molecule has 2 unspecified atom stereocenters. The standard InChI is InChI=1S/C22H29N5O2/c1-16(24-18-5-3-6-19-22(18)23-15-29-19)9-10-17(2)25-20-7-4-8-21(26-20)27-11-13-28-14-12-27/h3-8,15-17,24H,9-14H2,1-2H3,(H,25,26). The summed E-state index contributed by atoms with van der Waals surface area (Å²) >= 11 is 0. The minimum absolute atomic E-state index is 0.328. The molecule has 3 heterocycles. The molecule has 2 atom stereocenters. The molecule has 1 aliphatic heterocycles. The third-order valence-electron chi connectivity index (χ3n) is 5.26. The number of ether oxygens (including phenoxy) is 1. The van der Waals surface area contributed by atoms with Gasteiger partial charge in [0.2, 0.25) is 0 Å². The van der Waals surface area contributed by atoms with E-state index in [1.807, 2.05) is 24.3 Å². The van der Waals surface area contributed by atoms with Crippen LogP contribution in [-0.4, -0.2) is 48.4 Å². The Morgan fingerprint density at radius 1 is 1.00 bits per heavy atom. The van der Waals surface area contributed by atoms with Gasteiger partial charge in [0.05, 0.1) is 18.9 Å². The SMILES string of the molecule is CC(CCC(C)Nc1cccc2ocnc12)Nc1cccc(N2CCOCC2)n1. The summed E-state index contributed by atoms with van der Waals surface area (Å²) < 4.78 is 10.8. The van der Waals surface area contributed by atoms with Crippen molar-refractivity contribution in [3.05, 3.63) is 42.8 Å². The highest BCUT2D eigenvalue weighted by atomic mass is 16.5. The Bertz CT molecular complexity index is 922. The molecule has 4 rings (SSSR count). The summed E-state index contributed by atoms with van der Waals surface area (Å²) in [7, 11) is 0. The molecule has 3 aromatic rings. The fourth-order valence-corrected chi connectivity index (χ4v) is 3.64. The number of rotatable bonds is 8. The number of oxazole rings is 1. The highest BCUT2D eigenvalue weighted by Crippen LogP contribution is 2.23. The fraction of sp³-hybridized carbons (Fsp3) is 0.455. The molecule has 0 spiro atoms. The van der Waals surface area contributed by atoms with Crippen LogP contribution in [0.3, 0.4) is 0 Å². The number of pyridine rings is 1. The van der Waals surface area contributed by atoms with Crippen LogP contribution in [0, 0.1) is 0 Å². The first-order valence-electron chi connectivity index (χ1n) is 10.3. The summed E-state index contributed by atoms with van der Waals surface area (Å²) in [6.45, 7) is 7.73. The van der Waals surface area contributed by atoms with Gasteiger partial charge >= 0.3 is 0 Å². The summed E-state index contributed by atoms with van der Waals surface area (Å²) in [6, 6.07) is 12.8. The number of anilines is 3. The first kappa shape index (κ1) is 19.5. The van der Waals surface area contributed by atoms with Crippen LogP contribution in [0.25, 0.3) is 11.1 Å². The quantitative estimate of drug-likeness (QED) is 0.594. The molecule has 1 saturated heterocycles. The van der Waals surface area contributed by atoms with E-state index in [0.717, 1.165) is 67.6 Å². The maximum absolute atomic E-state index is 5.43. The second kappa shape index (κ2) is 9.13. The van der Waals surface area contributed by atoms with Gasteiger partial charge < -0.3 is 24.7 Å². The average Bonchev–Trinajstić information content (AvgIpc) is 3.23. The maximum atomic E-state index is 5.43. The highest BCUT2D eigenvalue weighted by Gasteiger charge is 2.14. The first-order valence-corrected chi connectivity index (χ1v) is 10.3. The van der Waals surface area contributed by atoms with Crippen molar-refractivity contribution in [1.29, 1.82) is 0 Å². The van der Waals surface area contributed by atoms with Crippen LogP contribution in [0.15, 0.2) is 47.2 Å². The Morgan fingerprint density at radius 3 is 2.59 bits per heavy atom. The minimum atomic E-state index is 0.328. The second-order valence-corrected chi connectivity index (χ2v) is 7.65. The molecule has 0 amide bonds. The van der Waals surface area contributed by atoms with Crippen molar-refractivity contribution in [2.24, 2.45) is 0 Å². The molecule has 2 aromatic heterocycles. The van der Waals surface area contributed by atoms with Crippen LogP contribution in [0.4, 0.5) is 17.3 Å². The van der Waals surface area contributed by atoms with Crippen molar-refractivity contribution in [1.82, 2.24) is 9.97 Å². The smallest absolute Gasteiger partial charge is 0.182 e. The molecule has 7 heteroatoms. The summed E-state index contributed by atoms with van der Waals surface area (Å²) in [5, 5.41) is 7.10. The summed E-state index contributed by atoms with van der Waals surface area (Å²) in [4.78, 5) is 11.4.